The van der Waals surface area contributed by atoms with E-state index in [0.29, 0.717) is 5.82 Å². The summed E-state index contributed by atoms with van der Waals surface area (Å²) < 4.78 is 1.60. The number of carbonyl (C=O) groups is 2. The van der Waals surface area contributed by atoms with Crippen LogP contribution >= 0.6 is 0 Å². The zero-order valence-corrected chi connectivity index (χ0v) is 15.2. The molecular weight excluding hydrogens is 340 g/mol. The molecule has 3 aromatic rings. The predicted molar refractivity (Wildman–Crippen MR) is 104 cm³/mol. The van der Waals surface area contributed by atoms with E-state index in [1.807, 2.05) is 62.4 Å². The summed E-state index contributed by atoms with van der Waals surface area (Å²) in [4.78, 5) is 25.0. The lowest BCUT2D eigenvalue weighted by Crippen LogP contribution is -2.23. The number of hydrogen-bond donors (Lipinski definition) is 2. The Labute approximate surface area is 157 Å². The van der Waals surface area contributed by atoms with Gasteiger partial charge in [0.2, 0.25) is 5.91 Å². The van der Waals surface area contributed by atoms with Gasteiger partial charge in [0, 0.05) is 11.3 Å². The molecule has 27 heavy (non-hydrogen) atoms. The molecule has 2 heterocycles. The second-order valence-electron chi connectivity index (χ2n) is 6.79. The van der Waals surface area contributed by atoms with E-state index in [1.54, 1.807) is 10.9 Å². The number of fused-ring (bicyclic) bond motifs is 1. The summed E-state index contributed by atoms with van der Waals surface area (Å²) in [5.74, 6) is 0.204. The summed E-state index contributed by atoms with van der Waals surface area (Å²) >= 11 is 0. The molecule has 6 heteroatoms. The first-order valence-corrected chi connectivity index (χ1v) is 8.84. The van der Waals surface area contributed by atoms with E-state index in [-0.39, 0.29) is 18.2 Å². The molecule has 1 aromatic heterocycles. The molecule has 4 rings (SSSR count). The Kier molecular flexibility index (Phi) is 4.24. The molecule has 1 aliphatic heterocycles. The number of amides is 2. The van der Waals surface area contributed by atoms with Crippen molar-refractivity contribution in [1.82, 2.24) is 9.78 Å². The maximum atomic E-state index is 12.5. The van der Waals surface area contributed by atoms with Gasteiger partial charge in [-0.25, -0.2) is 4.68 Å². The summed E-state index contributed by atoms with van der Waals surface area (Å²) in [6, 6.07) is 15.0. The second-order valence-corrected chi connectivity index (χ2v) is 6.79. The normalized spacial score (nSPS) is 15.3. The minimum atomic E-state index is -0.650. The van der Waals surface area contributed by atoms with Crippen LogP contribution in [-0.4, -0.2) is 21.6 Å². The number of aromatic nitrogens is 2. The second kappa shape index (κ2) is 6.72. The van der Waals surface area contributed by atoms with E-state index >= 15 is 0 Å². The fourth-order valence-electron chi connectivity index (χ4n) is 3.29. The van der Waals surface area contributed by atoms with Crippen LogP contribution in [0.15, 0.2) is 54.7 Å². The average molecular weight is 360 g/mol. The van der Waals surface area contributed by atoms with Crippen molar-refractivity contribution < 1.29 is 9.59 Å². The van der Waals surface area contributed by atoms with E-state index in [2.05, 4.69) is 15.7 Å². The van der Waals surface area contributed by atoms with Crippen molar-refractivity contribution >= 4 is 23.3 Å². The Morgan fingerprint density at radius 3 is 2.74 bits per heavy atom. The monoisotopic (exact) mass is 360 g/mol. The number of aryl methyl sites for hydroxylation is 2. The number of nitrogens with one attached hydrogen (secondary N) is 2. The minimum absolute atomic E-state index is 0.0299. The lowest BCUT2D eigenvalue weighted by atomic mass is 10.1. The Hall–Kier alpha value is -3.41. The van der Waals surface area contributed by atoms with Crippen molar-refractivity contribution in [3.8, 4) is 11.1 Å². The van der Waals surface area contributed by atoms with Gasteiger partial charge in [0.05, 0.1) is 12.6 Å². The Balaban J connectivity index is 1.54. The number of hydrogen-bond acceptors (Lipinski definition) is 3. The fourth-order valence-corrected chi connectivity index (χ4v) is 3.29. The summed E-state index contributed by atoms with van der Waals surface area (Å²) in [7, 11) is 0. The molecule has 0 fully saturated rings. The lowest BCUT2D eigenvalue weighted by Gasteiger charge is -2.12. The topological polar surface area (TPSA) is 76.0 Å². The largest absolute Gasteiger partial charge is 0.326 e. The molecule has 1 aliphatic rings. The molecule has 6 nitrogen and oxygen atoms in total. The van der Waals surface area contributed by atoms with Crippen LogP contribution in [0.4, 0.5) is 11.5 Å². The molecule has 136 valence electrons. The molecule has 1 unspecified atom stereocenters. The average Bonchev–Trinajstić information content (AvgIpc) is 3.19. The standard InChI is InChI=1S/C21H20N4O2/c1-13-8-9-14(2)17(10-13)23-19(26)11-18-21(27)24-20-16(12-22-25(18)20)15-6-4-3-5-7-15/h3-10,12,18H,11H2,1-2H3,(H,23,26)(H,24,27). The zero-order chi connectivity index (χ0) is 19.0. The Morgan fingerprint density at radius 2 is 1.96 bits per heavy atom. The SMILES string of the molecule is Cc1ccc(C)c(NC(=O)CC2C(=O)Nc3c(-c4ccccc4)cnn32)c1. The van der Waals surface area contributed by atoms with Crippen LogP contribution in [-0.2, 0) is 9.59 Å². The first kappa shape index (κ1) is 17.0. The zero-order valence-electron chi connectivity index (χ0n) is 15.2. The fraction of sp³-hybridized carbons (Fsp3) is 0.190. The van der Waals surface area contributed by atoms with Gasteiger partial charge in [-0.2, -0.15) is 5.10 Å². The first-order valence-electron chi connectivity index (χ1n) is 8.84. The summed E-state index contributed by atoms with van der Waals surface area (Å²) in [5, 5.41) is 10.1. The van der Waals surface area contributed by atoms with Crippen molar-refractivity contribution in [1.29, 1.82) is 0 Å². The smallest absolute Gasteiger partial charge is 0.251 e. The van der Waals surface area contributed by atoms with Gasteiger partial charge in [0.1, 0.15) is 11.9 Å². The maximum absolute atomic E-state index is 12.5. The predicted octanol–water partition coefficient (Wildman–Crippen LogP) is 3.69. The lowest BCUT2D eigenvalue weighted by molar-refractivity contribution is -0.123. The van der Waals surface area contributed by atoms with Crippen LogP contribution in [0.5, 0.6) is 0 Å². The summed E-state index contributed by atoms with van der Waals surface area (Å²) in [5.41, 5.74) is 4.64. The third kappa shape index (κ3) is 3.21. The molecule has 0 radical (unpaired) electrons. The van der Waals surface area contributed by atoms with Crippen molar-refractivity contribution in [2.45, 2.75) is 26.3 Å². The molecule has 2 amide bonds. The molecule has 0 aliphatic carbocycles. The van der Waals surface area contributed by atoms with Crippen LogP contribution < -0.4 is 10.6 Å². The van der Waals surface area contributed by atoms with E-state index in [9.17, 15) is 9.59 Å². The maximum Gasteiger partial charge on any atom is 0.251 e. The van der Waals surface area contributed by atoms with Crippen LogP contribution in [0.3, 0.4) is 0 Å². The van der Waals surface area contributed by atoms with Gasteiger partial charge >= 0.3 is 0 Å². The molecule has 1 atom stereocenters. The molecule has 2 aromatic carbocycles. The van der Waals surface area contributed by atoms with Gasteiger partial charge in [-0.05, 0) is 36.6 Å². The molecule has 0 spiro atoms. The van der Waals surface area contributed by atoms with Crippen LogP contribution in [0, 0.1) is 13.8 Å². The number of anilines is 2. The summed E-state index contributed by atoms with van der Waals surface area (Å²) in [6.45, 7) is 3.91. The molecule has 0 saturated carbocycles. The molecule has 0 saturated heterocycles. The first-order chi connectivity index (χ1) is 13.0. The number of benzene rings is 2. The Morgan fingerprint density at radius 1 is 1.19 bits per heavy atom. The van der Waals surface area contributed by atoms with Gasteiger partial charge in [-0.1, -0.05) is 42.5 Å². The van der Waals surface area contributed by atoms with E-state index in [0.717, 1.165) is 27.9 Å². The number of rotatable bonds is 4. The van der Waals surface area contributed by atoms with E-state index in [1.165, 1.54) is 0 Å². The highest BCUT2D eigenvalue weighted by molar-refractivity contribution is 6.04. The molecule has 2 N–H and O–H groups in total. The third-order valence-electron chi connectivity index (χ3n) is 4.77. The molecule has 0 bridgehead atoms. The van der Waals surface area contributed by atoms with Gasteiger partial charge in [0.15, 0.2) is 0 Å². The van der Waals surface area contributed by atoms with E-state index in [4.69, 9.17) is 0 Å². The van der Waals surface area contributed by atoms with Crippen LogP contribution in [0.1, 0.15) is 23.6 Å². The van der Waals surface area contributed by atoms with E-state index < -0.39 is 6.04 Å². The van der Waals surface area contributed by atoms with Gasteiger partial charge in [0.25, 0.3) is 5.91 Å². The quantitative estimate of drug-likeness (QED) is 0.745. The summed E-state index contributed by atoms with van der Waals surface area (Å²) in [6.07, 6.45) is 1.75. The highest BCUT2D eigenvalue weighted by Crippen LogP contribution is 2.35. The van der Waals surface area contributed by atoms with Crippen molar-refractivity contribution in [2.24, 2.45) is 0 Å². The van der Waals surface area contributed by atoms with Gasteiger partial charge < -0.3 is 10.6 Å². The van der Waals surface area contributed by atoms with Gasteiger partial charge in [-0.3, -0.25) is 9.59 Å². The third-order valence-corrected chi connectivity index (χ3v) is 4.77. The molecular formula is C21H20N4O2. The van der Waals surface area contributed by atoms with Crippen LogP contribution in [0.2, 0.25) is 0 Å². The van der Waals surface area contributed by atoms with Crippen molar-refractivity contribution in [3.05, 3.63) is 65.9 Å². The van der Waals surface area contributed by atoms with Gasteiger partial charge in [-0.15, -0.1) is 0 Å². The highest BCUT2D eigenvalue weighted by atomic mass is 16.2. The van der Waals surface area contributed by atoms with Crippen molar-refractivity contribution in [3.63, 3.8) is 0 Å². The van der Waals surface area contributed by atoms with Crippen molar-refractivity contribution in [2.75, 3.05) is 10.6 Å². The highest BCUT2D eigenvalue weighted by Gasteiger charge is 2.35. The minimum Gasteiger partial charge on any atom is -0.326 e. The number of nitrogens with zero attached hydrogens (tertiary/aromatic N) is 2. The van der Waals surface area contributed by atoms with Crippen LogP contribution in [0.25, 0.3) is 11.1 Å². The number of carbonyl (C=O) groups excluding carboxylic acids is 2. The Bertz CT molecular complexity index is 1020.